The highest BCUT2D eigenvalue weighted by atomic mass is 32.2. The standard InChI is InChI=1S/C29H24F2N8O14S4/c1-48-21-6-3-15(56(43,44)9-8-49-55-53-51-42)11-19(21)36-38-26-17-12-22(54-52-50-41)27(28(40)16(17)4-5-18(26)32)39-37-20-10-14(2-7-23(20)57(45,46)47)33-25-13-24(30)34-29(31)35-25/h2-7,10-13,40-42H,8-9,32H2,1H3,(H,33,34,35)(H,45,46,47)/b38-36+,39-37+. The zero-order valence-corrected chi connectivity index (χ0v) is 31.5. The lowest BCUT2D eigenvalue weighted by molar-refractivity contribution is -0.434. The van der Waals surface area contributed by atoms with Gasteiger partial charge in [0.25, 0.3) is 10.1 Å². The molecule has 4 aromatic carbocycles. The predicted octanol–water partition coefficient (Wildman–Crippen LogP) is 7.23. The van der Waals surface area contributed by atoms with Crippen LogP contribution < -0.4 is 15.8 Å². The summed E-state index contributed by atoms with van der Waals surface area (Å²) in [6, 6.07) is 11.5. The fraction of sp³-hybridized carbons (Fsp3) is 0.103. The van der Waals surface area contributed by atoms with E-state index in [2.05, 4.69) is 54.5 Å². The van der Waals surface area contributed by atoms with Crippen LogP contribution in [0.2, 0.25) is 0 Å². The van der Waals surface area contributed by atoms with Crippen LogP contribution in [0.4, 0.5) is 48.7 Å². The molecule has 0 aliphatic rings. The maximum atomic E-state index is 13.6. The van der Waals surface area contributed by atoms with Crippen molar-refractivity contribution in [2.24, 2.45) is 20.5 Å². The zero-order valence-electron chi connectivity index (χ0n) is 28.2. The SMILES string of the molecule is COc1ccc(S(=O)(=O)CCOSOOO)cc1/N=N/c1c(N)ccc2c(O)c(/N=N/c3cc(Nc4cc(F)nc(F)n4)ccc3S(=O)(=O)O)c(SOOO)cc12. The first-order valence-electron chi connectivity index (χ1n) is 15.0. The molecule has 0 bridgehead atoms. The number of benzene rings is 4. The van der Waals surface area contributed by atoms with Gasteiger partial charge in [0.2, 0.25) is 5.95 Å². The number of phenolic OH excluding ortho intramolecular Hbond substituents is 1. The van der Waals surface area contributed by atoms with E-state index in [0.717, 1.165) is 24.3 Å². The topological polar surface area (TPSA) is 318 Å². The summed E-state index contributed by atoms with van der Waals surface area (Å²) in [5.41, 5.74) is 5.13. The molecule has 302 valence electrons. The highest BCUT2D eigenvalue weighted by Crippen LogP contribution is 2.48. The van der Waals surface area contributed by atoms with Gasteiger partial charge in [-0.3, -0.25) is 8.74 Å². The van der Waals surface area contributed by atoms with Gasteiger partial charge in [-0.1, -0.05) is 10.1 Å². The van der Waals surface area contributed by atoms with Crippen molar-refractivity contribution in [2.45, 2.75) is 14.7 Å². The van der Waals surface area contributed by atoms with Gasteiger partial charge in [0, 0.05) is 22.5 Å². The number of halogens is 2. The molecule has 57 heavy (non-hydrogen) atoms. The van der Waals surface area contributed by atoms with Crippen molar-refractivity contribution in [3.05, 3.63) is 72.7 Å². The second kappa shape index (κ2) is 18.8. The molecule has 0 atom stereocenters. The molecule has 0 radical (unpaired) electrons. The first kappa shape index (κ1) is 42.9. The van der Waals surface area contributed by atoms with E-state index in [9.17, 15) is 35.3 Å². The molecule has 1 aromatic heterocycles. The van der Waals surface area contributed by atoms with Crippen LogP contribution in [0.25, 0.3) is 10.8 Å². The van der Waals surface area contributed by atoms with Crippen LogP contribution in [-0.2, 0) is 42.9 Å². The largest absolute Gasteiger partial charge is 0.505 e. The van der Waals surface area contributed by atoms with Gasteiger partial charge in [0.1, 0.15) is 39.2 Å². The molecule has 0 aliphatic carbocycles. The van der Waals surface area contributed by atoms with Crippen molar-refractivity contribution in [1.82, 2.24) is 9.97 Å². The van der Waals surface area contributed by atoms with Gasteiger partial charge in [-0.15, -0.1) is 29.1 Å². The molecular weight excluding hydrogens is 851 g/mol. The minimum absolute atomic E-state index is 0.00679. The number of phenols is 1. The van der Waals surface area contributed by atoms with E-state index in [1.165, 1.54) is 43.5 Å². The lowest BCUT2D eigenvalue weighted by Gasteiger charge is -2.12. The summed E-state index contributed by atoms with van der Waals surface area (Å²) in [5.74, 6) is -2.61. The first-order valence-corrected chi connectivity index (χ1v) is 19.5. The predicted molar refractivity (Wildman–Crippen MR) is 194 cm³/mol. The Labute approximate surface area is 327 Å². The van der Waals surface area contributed by atoms with Crippen LogP contribution >= 0.6 is 24.4 Å². The van der Waals surface area contributed by atoms with Crippen LogP contribution in [-0.4, -0.2) is 66.4 Å². The van der Waals surface area contributed by atoms with E-state index >= 15 is 0 Å². The second-order valence-electron chi connectivity index (χ2n) is 10.6. The average molecular weight is 875 g/mol. The summed E-state index contributed by atoms with van der Waals surface area (Å²) in [6.07, 6.45) is -1.40. The third kappa shape index (κ3) is 10.8. The number of nitrogens with zero attached hydrogens (tertiary/aromatic N) is 6. The number of ether oxygens (including phenoxy) is 1. The van der Waals surface area contributed by atoms with Gasteiger partial charge in [0.15, 0.2) is 27.9 Å². The minimum atomic E-state index is -4.95. The maximum Gasteiger partial charge on any atom is 0.313 e. The molecular formula is C29H24F2N8O14S4. The van der Waals surface area contributed by atoms with E-state index in [1.54, 1.807) is 0 Å². The van der Waals surface area contributed by atoms with Crippen LogP contribution in [0, 0.1) is 12.0 Å². The molecule has 0 saturated carbocycles. The van der Waals surface area contributed by atoms with Crippen LogP contribution in [0.1, 0.15) is 0 Å². The Morgan fingerprint density at radius 1 is 0.860 bits per heavy atom. The zero-order chi connectivity index (χ0) is 41.3. The van der Waals surface area contributed by atoms with Crippen molar-refractivity contribution < 1.29 is 73.5 Å². The lowest BCUT2D eigenvalue weighted by Crippen LogP contribution is -2.11. The summed E-state index contributed by atoms with van der Waals surface area (Å²) in [4.78, 5) is 5.15. The maximum absolute atomic E-state index is 13.6. The summed E-state index contributed by atoms with van der Waals surface area (Å²) >= 11 is 0.491. The van der Waals surface area contributed by atoms with Crippen molar-refractivity contribution in [3.8, 4) is 11.5 Å². The molecule has 22 nitrogen and oxygen atoms in total. The average Bonchev–Trinajstić information content (AvgIpc) is 3.15. The number of rotatable bonds is 18. The minimum Gasteiger partial charge on any atom is -0.505 e. The van der Waals surface area contributed by atoms with Crippen molar-refractivity contribution in [1.29, 1.82) is 0 Å². The third-order valence-corrected chi connectivity index (χ3v) is 10.7. The number of nitrogens with two attached hydrogens (primary N) is 1. The molecule has 28 heteroatoms. The molecule has 0 amide bonds. The van der Waals surface area contributed by atoms with Crippen molar-refractivity contribution in [2.75, 3.05) is 30.5 Å². The molecule has 0 aliphatic heterocycles. The molecule has 1 heterocycles. The highest BCUT2D eigenvalue weighted by Gasteiger charge is 2.22. The Bertz CT molecular complexity index is 2550. The fourth-order valence-electron chi connectivity index (χ4n) is 4.71. The Balaban J connectivity index is 1.56. The quantitative estimate of drug-likeness (QED) is 0.00582. The van der Waals surface area contributed by atoms with Gasteiger partial charge in [-0.2, -0.15) is 27.2 Å². The Morgan fingerprint density at radius 3 is 2.30 bits per heavy atom. The van der Waals surface area contributed by atoms with Gasteiger partial charge in [-0.05, 0) is 54.6 Å². The second-order valence-corrected chi connectivity index (χ2v) is 15.4. The number of methoxy groups -OCH3 is 1. The Kier molecular flexibility index (Phi) is 14.1. The van der Waals surface area contributed by atoms with E-state index in [-0.39, 0.29) is 85.9 Å². The number of aromatic nitrogens is 2. The Morgan fingerprint density at radius 2 is 1.60 bits per heavy atom. The van der Waals surface area contributed by atoms with Gasteiger partial charge >= 0.3 is 6.08 Å². The monoisotopic (exact) mass is 874 g/mol. The Hall–Kier alpha value is -5.24. The van der Waals surface area contributed by atoms with E-state index < -0.39 is 59.8 Å². The summed E-state index contributed by atoms with van der Waals surface area (Å²) in [7, 11) is -7.61. The number of nitrogens with one attached hydrogen (secondary N) is 1. The van der Waals surface area contributed by atoms with E-state index in [0.29, 0.717) is 0 Å². The summed E-state index contributed by atoms with van der Waals surface area (Å²) < 4.78 is 106. The smallest absolute Gasteiger partial charge is 0.313 e. The number of nitrogen functional groups attached to an aromatic ring is 1. The lowest BCUT2D eigenvalue weighted by atomic mass is 10.1. The number of fused-ring (bicyclic) bond motifs is 1. The number of azo groups is 2. The van der Waals surface area contributed by atoms with Crippen molar-refractivity contribution >= 4 is 95.0 Å². The molecule has 0 spiro atoms. The summed E-state index contributed by atoms with van der Waals surface area (Å²) in [5, 5.41) is 54.3. The molecule has 0 unspecified atom stereocenters. The molecule has 7 N–H and O–H groups in total. The number of hydrogen-bond acceptors (Lipinski definition) is 23. The summed E-state index contributed by atoms with van der Waals surface area (Å²) in [6.45, 7) is -0.359. The van der Waals surface area contributed by atoms with Crippen LogP contribution in [0.3, 0.4) is 0 Å². The van der Waals surface area contributed by atoms with Crippen LogP contribution in [0.15, 0.2) is 95.8 Å². The number of anilines is 3. The molecule has 0 fully saturated rings. The third-order valence-electron chi connectivity index (χ3n) is 7.13. The molecule has 5 rings (SSSR count). The molecule has 5 aromatic rings. The van der Waals surface area contributed by atoms with Crippen LogP contribution in [0.5, 0.6) is 11.5 Å². The van der Waals surface area contributed by atoms with Gasteiger partial charge in [0.05, 0.1) is 47.0 Å². The van der Waals surface area contributed by atoms with E-state index in [4.69, 9.17) is 25.2 Å². The number of sulfone groups is 1. The normalized spacial score (nSPS) is 12.2. The van der Waals surface area contributed by atoms with E-state index in [1.807, 2.05) is 0 Å². The van der Waals surface area contributed by atoms with Crippen molar-refractivity contribution in [3.63, 3.8) is 0 Å². The van der Waals surface area contributed by atoms with Gasteiger partial charge < -0.3 is 20.9 Å². The van der Waals surface area contributed by atoms with Gasteiger partial charge in [-0.25, -0.2) is 18.9 Å². The highest BCUT2D eigenvalue weighted by molar-refractivity contribution is 7.94. The fourth-order valence-corrected chi connectivity index (χ4v) is 7.23. The number of hydrogen-bond donors (Lipinski definition) is 6. The molecule has 0 saturated heterocycles. The number of aromatic hydroxyl groups is 1. The first-order chi connectivity index (χ1) is 27.1.